The van der Waals surface area contributed by atoms with Crippen molar-refractivity contribution in [3.63, 3.8) is 0 Å². The number of fused-ring (bicyclic) bond motifs is 1. The number of carbonyl (C=O) groups excluding carboxylic acids is 1. The van der Waals surface area contributed by atoms with Gasteiger partial charge in [-0.25, -0.2) is 0 Å². The summed E-state index contributed by atoms with van der Waals surface area (Å²) in [5.41, 5.74) is 2.68. The fourth-order valence-electron chi connectivity index (χ4n) is 3.09. The molecule has 0 bridgehead atoms. The van der Waals surface area contributed by atoms with Crippen LogP contribution in [0.1, 0.15) is 23.5 Å². The lowest BCUT2D eigenvalue weighted by atomic mass is 9.84. The van der Waals surface area contributed by atoms with Crippen LogP contribution in [0, 0.1) is 0 Å². The van der Waals surface area contributed by atoms with Crippen LogP contribution in [-0.2, 0) is 4.79 Å². The van der Waals surface area contributed by atoms with Crippen molar-refractivity contribution in [3.8, 4) is 17.2 Å². The van der Waals surface area contributed by atoms with E-state index >= 15 is 0 Å². The second-order valence-corrected chi connectivity index (χ2v) is 5.32. The zero-order valence-electron chi connectivity index (χ0n) is 13.4. The summed E-state index contributed by atoms with van der Waals surface area (Å²) in [6, 6.07) is 11.7. The minimum absolute atomic E-state index is 0.0272. The van der Waals surface area contributed by atoms with Gasteiger partial charge in [-0.05, 0) is 5.56 Å². The van der Waals surface area contributed by atoms with Gasteiger partial charge in [0, 0.05) is 24.0 Å². The SMILES string of the molecule is COc1cc2c(c(OC)c1OC)[C@@H](c1ccccc1)CC(=O)N2. The molecule has 5 heteroatoms. The molecule has 2 aromatic rings. The summed E-state index contributed by atoms with van der Waals surface area (Å²) >= 11 is 0. The Kier molecular flexibility index (Phi) is 4.10. The monoisotopic (exact) mass is 313 g/mol. The normalized spacial score (nSPS) is 16.3. The molecule has 0 aliphatic carbocycles. The second-order valence-electron chi connectivity index (χ2n) is 5.32. The van der Waals surface area contributed by atoms with Crippen LogP contribution >= 0.6 is 0 Å². The first-order chi connectivity index (χ1) is 11.2. The molecule has 1 atom stereocenters. The van der Waals surface area contributed by atoms with Crippen LogP contribution in [0.3, 0.4) is 0 Å². The van der Waals surface area contributed by atoms with Gasteiger partial charge in [-0.2, -0.15) is 0 Å². The molecular formula is C18H19NO4. The molecule has 0 saturated carbocycles. The fraction of sp³-hybridized carbons (Fsp3) is 0.278. The molecule has 0 radical (unpaired) electrons. The van der Waals surface area contributed by atoms with E-state index in [0.717, 1.165) is 11.1 Å². The van der Waals surface area contributed by atoms with Crippen molar-refractivity contribution in [3.05, 3.63) is 47.5 Å². The molecule has 1 N–H and O–H groups in total. The molecule has 2 aromatic carbocycles. The molecule has 0 aromatic heterocycles. The van der Waals surface area contributed by atoms with Gasteiger partial charge in [0.25, 0.3) is 0 Å². The van der Waals surface area contributed by atoms with Gasteiger partial charge >= 0.3 is 0 Å². The van der Waals surface area contributed by atoms with Crippen LogP contribution in [0.25, 0.3) is 0 Å². The Morgan fingerprint density at radius 1 is 1.00 bits per heavy atom. The van der Waals surface area contributed by atoms with Gasteiger partial charge in [0.05, 0.1) is 27.0 Å². The number of methoxy groups -OCH3 is 3. The van der Waals surface area contributed by atoms with Gasteiger partial charge in [0.2, 0.25) is 11.7 Å². The maximum absolute atomic E-state index is 12.1. The van der Waals surface area contributed by atoms with Crippen LogP contribution in [0.4, 0.5) is 5.69 Å². The first kappa shape index (κ1) is 15.2. The molecule has 0 spiro atoms. The minimum Gasteiger partial charge on any atom is -0.493 e. The highest BCUT2D eigenvalue weighted by molar-refractivity contribution is 5.97. The Labute approximate surface area is 135 Å². The molecule has 120 valence electrons. The number of anilines is 1. The van der Waals surface area contributed by atoms with E-state index in [1.165, 1.54) is 0 Å². The molecule has 0 fully saturated rings. The number of rotatable bonds is 4. The second kappa shape index (κ2) is 6.20. The van der Waals surface area contributed by atoms with Gasteiger partial charge < -0.3 is 19.5 Å². The molecule has 1 heterocycles. The number of benzene rings is 2. The highest BCUT2D eigenvalue weighted by Crippen LogP contribution is 2.51. The molecule has 0 saturated heterocycles. The maximum Gasteiger partial charge on any atom is 0.225 e. The number of carbonyl (C=O) groups is 1. The Bertz CT molecular complexity index is 728. The van der Waals surface area contributed by atoms with E-state index in [2.05, 4.69) is 5.32 Å². The first-order valence-electron chi connectivity index (χ1n) is 7.37. The van der Waals surface area contributed by atoms with Crippen molar-refractivity contribution >= 4 is 11.6 Å². The summed E-state index contributed by atoms with van der Waals surface area (Å²) in [5.74, 6) is 1.54. The molecule has 3 rings (SSSR count). The number of ether oxygens (including phenoxy) is 3. The number of nitrogens with one attached hydrogen (secondary N) is 1. The zero-order chi connectivity index (χ0) is 16.4. The van der Waals surface area contributed by atoms with E-state index in [1.54, 1.807) is 27.4 Å². The Morgan fingerprint density at radius 3 is 2.30 bits per heavy atom. The maximum atomic E-state index is 12.1. The number of hydrogen-bond donors (Lipinski definition) is 1. The lowest BCUT2D eigenvalue weighted by molar-refractivity contribution is -0.116. The predicted octanol–water partition coefficient (Wildman–Crippen LogP) is 3.19. The summed E-state index contributed by atoms with van der Waals surface area (Å²) < 4.78 is 16.4. The van der Waals surface area contributed by atoms with Crippen LogP contribution in [-0.4, -0.2) is 27.2 Å². The minimum atomic E-state index is -0.0882. The van der Waals surface area contributed by atoms with E-state index in [9.17, 15) is 4.79 Å². The van der Waals surface area contributed by atoms with Crippen molar-refractivity contribution in [2.45, 2.75) is 12.3 Å². The average molecular weight is 313 g/mol. The summed E-state index contributed by atoms with van der Waals surface area (Å²) in [6.45, 7) is 0. The van der Waals surface area contributed by atoms with E-state index in [4.69, 9.17) is 14.2 Å². The fourth-order valence-corrected chi connectivity index (χ4v) is 3.09. The molecular weight excluding hydrogens is 294 g/mol. The van der Waals surface area contributed by atoms with Crippen LogP contribution < -0.4 is 19.5 Å². The van der Waals surface area contributed by atoms with E-state index in [-0.39, 0.29) is 11.8 Å². The van der Waals surface area contributed by atoms with Gasteiger partial charge in [-0.15, -0.1) is 0 Å². The quantitative estimate of drug-likeness (QED) is 0.942. The summed E-state index contributed by atoms with van der Waals surface area (Å²) in [5, 5.41) is 2.91. The Hall–Kier alpha value is -2.69. The van der Waals surface area contributed by atoms with Crippen molar-refractivity contribution in [2.24, 2.45) is 0 Å². The highest BCUT2D eigenvalue weighted by atomic mass is 16.5. The van der Waals surface area contributed by atoms with Crippen LogP contribution in [0.2, 0.25) is 0 Å². The number of hydrogen-bond acceptors (Lipinski definition) is 4. The van der Waals surface area contributed by atoms with Gasteiger partial charge in [0.1, 0.15) is 0 Å². The molecule has 23 heavy (non-hydrogen) atoms. The molecule has 5 nitrogen and oxygen atoms in total. The van der Waals surface area contributed by atoms with Crippen molar-refractivity contribution in [2.75, 3.05) is 26.6 Å². The third-order valence-corrected chi connectivity index (χ3v) is 4.08. The lowest BCUT2D eigenvalue weighted by Crippen LogP contribution is -2.24. The molecule has 1 aliphatic heterocycles. The number of amides is 1. The van der Waals surface area contributed by atoms with Crippen molar-refractivity contribution < 1.29 is 19.0 Å². The van der Waals surface area contributed by atoms with E-state index < -0.39 is 0 Å². The van der Waals surface area contributed by atoms with E-state index in [0.29, 0.717) is 29.4 Å². The average Bonchev–Trinajstić information content (AvgIpc) is 2.59. The topological polar surface area (TPSA) is 56.8 Å². The van der Waals surface area contributed by atoms with Gasteiger partial charge in [-0.3, -0.25) is 4.79 Å². The summed E-state index contributed by atoms with van der Waals surface area (Å²) in [6.07, 6.45) is 0.364. The molecule has 1 aliphatic rings. The van der Waals surface area contributed by atoms with E-state index in [1.807, 2.05) is 30.3 Å². The third-order valence-electron chi connectivity index (χ3n) is 4.08. The highest BCUT2D eigenvalue weighted by Gasteiger charge is 2.33. The predicted molar refractivity (Wildman–Crippen MR) is 87.6 cm³/mol. The lowest BCUT2D eigenvalue weighted by Gasteiger charge is -2.29. The third kappa shape index (κ3) is 2.59. The van der Waals surface area contributed by atoms with Gasteiger partial charge in [-0.1, -0.05) is 30.3 Å². The Balaban J connectivity index is 2.25. The summed E-state index contributed by atoms with van der Waals surface area (Å²) in [4.78, 5) is 12.1. The largest absolute Gasteiger partial charge is 0.493 e. The standard InChI is InChI=1S/C18H19NO4/c1-21-14-10-13-16(18(23-3)17(14)22-2)12(9-15(20)19-13)11-7-5-4-6-8-11/h4-8,10,12H,9H2,1-3H3,(H,19,20)/t12-/m1/s1. The smallest absolute Gasteiger partial charge is 0.225 e. The molecule has 1 amide bonds. The first-order valence-corrected chi connectivity index (χ1v) is 7.37. The zero-order valence-corrected chi connectivity index (χ0v) is 13.4. The Morgan fingerprint density at radius 2 is 1.70 bits per heavy atom. The summed E-state index contributed by atoms with van der Waals surface area (Å²) in [7, 11) is 4.73. The van der Waals surface area contributed by atoms with Gasteiger partial charge in [0.15, 0.2) is 11.5 Å². The molecule has 0 unspecified atom stereocenters. The van der Waals surface area contributed by atoms with Crippen molar-refractivity contribution in [1.29, 1.82) is 0 Å². The van der Waals surface area contributed by atoms with Crippen LogP contribution in [0.15, 0.2) is 36.4 Å². The van der Waals surface area contributed by atoms with Crippen molar-refractivity contribution in [1.82, 2.24) is 0 Å². The van der Waals surface area contributed by atoms with Crippen LogP contribution in [0.5, 0.6) is 17.2 Å².